The van der Waals surface area contributed by atoms with Gasteiger partial charge in [0, 0.05) is 0 Å². The van der Waals surface area contributed by atoms with Gasteiger partial charge in [0.05, 0.1) is 6.16 Å². The van der Waals surface area contributed by atoms with E-state index >= 15 is 0 Å². The predicted molar refractivity (Wildman–Crippen MR) is 70.4 cm³/mol. The highest BCUT2D eigenvalue weighted by Crippen LogP contribution is 2.39. The van der Waals surface area contributed by atoms with Gasteiger partial charge in [-0.25, -0.2) is 0 Å². The maximum absolute atomic E-state index is 10.8. The Balaban J connectivity index is 2.06. The largest absolute Gasteiger partial charge is 0.508 e. The van der Waals surface area contributed by atoms with Gasteiger partial charge in [0.15, 0.2) is 0 Å². The maximum Gasteiger partial charge on any atom is 0.329 e. The van der Waals surface area contributed by atoms with E-state index in [1.807, 2.05) is 0 Å². The summed E-state index contributed by atoms with van der Waals surface area (Å²) >= 11 is 0. The van der Waals surface area contributed by atoms with Gasteiger partial charge in [-0.2, -0.15) is 0 Å². The van der Waals surface area contributed by atoms with Crippen molar-refractivity contribution in [3.05, 3.63) is 54.1 Å². The molecule has 0 radical (unpaired) electrons. The normalized spacial score (nSPS) is 11.3. The molecule has 0 bridgehead atoms. The van der Waals surface area contributed by atoms with Gasteiger partial charge in [-0.1, -0.05) is 12.1 Å². The van der Waals surface area contributed by atoms with E-state index in [2.05, 4.69) is 0 Å². The summed E-state index contributed by atoms with van der Waals surface area (Å²) in [5, 5.41) is 9.14. The van der Waals surface area contributed by atoms with Crippen LogP contribution in [0.25, 0.3) is 0 Å². The van der Waals surface area contributed by atoms with Crippen molar-refractivity contribution in [1.82, 2.24) is 0 Å². The molecule has 0 aromatic heterocycles. The fourth-order valence-corrected chi connectivity index (χ4v) is 2.24. The van der Waals surface area contributed by atoms with Crippen molar-refractivity contribution in [3.8, 4) is 17.2 Å². The summed E-state index contributed by atoms with van der Waals surface area (Å²) in [7, 11) is -4.04. The number of benzene rings is 2. The lowest BCUT2D eigenvalue weighted by molar-refractivity contribution is 0.371. The summed E-state index contributed by atoms with van der Waals surface area (Å²) in [6.07, 6.45) is -0.285. The highest BCUT2D eigenvalue weighted by Gasteiger charge is 2.13. The second kappa shape index (κ2) is 5.45. The minimum atomic E-state index is -4.04. The quantitative estimate of drug-likeness (QED) is 0.749. The Hall–Kier alpha value is -1.81. The van der Waals surface area contributed by atoms with E-state index < -0.39 is 7.60 Å². The van der Waals surface area contributed by atoms with Crippen LogP contribution in [0.15, 0.2) is 48.5 Å². The zero-order valence-electron chi connectivity index (χ0n) is 9.93. The van der Waals surface area contributed by atoms with Crippen LogP contribution in [-0.4, -0.2) is 14.9 Å². The van der Waals surface area contributed by atoms with E-state index in [1.54, 1.807) is 36.4 Å². The molecule has 100 valence electrons. The molecule has 0 spiro atoms. The van der Waals surface area contributed by atoms with Crippen LogP contribution >= 0.6 is 7.60 Å². The van der Waals surface area contributed by atoms with E-state index in [1.165, 1.54) is 12.1 Å². The molecule has 0 saturated carbocycles. The van der Waals surface area contributed by atoms with E-state index in [0.717, 1.165) is 0 Å². The van der Waals surface area contributed by atoms with Crippen LogP contribution in [0, 0.1) is 0 Å². The first-order valence-electron chi connectivity index (χ1n) is 5.53. The molecule has 0 aliphatic carbocycles. The lowest BCUT2D eigenvalue weighted by atomic mass is 10.2. The highest BCUT2D eigenvalue weighted by molar-refractivity contribution is 7.50. The van der Waals surface area contributed by atoms with Gasteiger partial charge in [0.2, 0.25) is 0 Å². The number of phenols is 1. The molecule has 6 heteroatoms. The highest BCUT2D eigenvalue weighted by atomic mass is 31.2. The molecule has 0 unspecified atom stereocenters. The van der Waals surface area contributed by atoms with Crippen molar-refractivity contribution in [1.29, 1.82) is 0 Å². The first-order valence-corrected chi connectivity index (χ1v) is 7.32. The number of hydrogen-bond acceptors (Lipinski definition) is 3. The van der Waals surface area contributed by atoms with Crippen LogP contribution in [0.4, 0.5) is 0 Å². The Labute approximate surface area is 110 Å². The van der Waals surface area contributed by atoms with E-state index in [4.69, 9.17) is 19.6 Å². The summed E-state index contributed by atoms with van der Waals surface area (Å²) in [5.41, 5.74) is 0.548. The van der Waals surface area contributed by atoms with Crippen molar-refractivity contribution in [2.75, 3.05) is 0 Å². The lowest BCUT2D eigenvalue weighted by Crippen LogP contribution is -1.88. The average Bonchev–Trinajstić information content (AvgIpc) is 2.33. The molecule has 0 fully saturated rings. The molecule has 3 N–H and O–H groups in total. The van der Waals surface area contributed by atoms with E-state index in [0.29, 0.717) is 17.1 Å². The monoisotopic (exact) mass is 280 g/mol. The van der Waals surface area contributed by atoms with Crippen LogP contribution in [0.2, 0.25) is 0 Å². The molecule has 19 heavy (non-hydrogen) atoms. The standard InChI is InChI=1S/C13H13O5P/c14-11-3-7-13(8-4-11)18-12-5-1-10(2-6-12)9-19(15,16)17/h1-8,14H,9H2,(H2,15,16,17). The van der Waals surface area contributed by atoms with Gasteiger partial charge in [0.25, 0.3) is 0 Å². The summed E-state index contributed by atoms with van der Waals surface area (Å²) in [6.45, 7) is 0. The molecule has 0 aliphatic heterocycles. The molecular weight excluding hydrogens is 267 g/mol. The van der Waals surface area contributed by atoms with Gasteiger partial charge in [-0.15, -0.1) is 0 Å². The maximum atomic E-state index is 10.8. The van der Waals surface area contributed by atoms with E-state index in [-0.39, 0.29) is 11.9 Å². The molecule has 2 rings (SSSR count). The summed E-state index contributed by atoms with van der Waals surface area (Å²) < 4.78 is 16.4. The van der Waals surface area contributed by atoms with Gasteiger partial charge in [0.1, 0.15) is 17.2 Å². The molecule has 0 saturated heterocycles. The molecule has 0 heterocycles. The fourth-order valence-electron chi connectivity index (χ4n) is 1.55. The van der Waals surface area contributed by atoms with Crippen LogP contribution in [-0.2, 0) is 10.7 Å². The van der Waals surface area contributed by atoms with Crippen LogP contribution < -0.4 is 4.74 Å². The molecule has 0 aliphatic rings. The Kier molecular flexibility index (Phi) is 3.90. The smallest absolute Gasteiger partial charge is 0.329 e. The third kappa shape index (κ3) is 4.41. The van der Waals surface area contributed by atoms with Crippen molar-refractivity contribution in [2.45, 2.75) is 6.16 Å². The number of hydrogen-bond donors (Lipinski definition) is 3. The number of phenolic OH excluding ortho intramolecular Hbond substituents is 1. The minimum absolute atomic E-state index is 0.157. The summed E-state index contributed by atoms with van der Waals surface area (Å²) in [4.78, 5) is 17.7. The first kappa shape index (κ1) is 13.6. The Morgan fingerprint density at radius 3 is 1.84 bits per heavy atom. The second-order valence-electron chi connectivity index (χ2n) is 4.06. The number of rotatable bonds is 4. The number of aromatic hydroxyl groups is 1. The second-order valence-corrected chi connectivity index (χ2v) is 5.71. The minimum Gasteiger partial charge on any atom is -0.508 e. The third-order valence-electron chi connectivity index (χ3n) is 2.38. The SMILES string of the molecule is O=P(O)(O)Cc1ccc(Oc2ccc(O)cc2)cc1. The molecule has 5 nitrogen and oxygen atoms in total. The molecule has 2 aromatic carbocycles. The zero-order valence-corrected chi connectivity index (χ0v) is 10.8. The lowest BCUT2D eigenvalue weighted by Gasteiger charge is -2.07. The molecular formula is C13H13O5P. The average molecular weight is 280 g/mol. The van der Waals surface area contributed by atoms with E-state index in [9.17, 15) is 4.57 Å². The van der Waals surface area contributed by atoms with Crippen molar-refractivity contribution < 1.29 is 24.2 Å². The first-order chi connectivity index (χ1) is 8.92. The van der Waals surface area contributed by atoms with Gasteiger partial charge < -0.3 is 19.6 Å². The van der Waals surface area contributed by atoms with Crippen LogP contribution in [0.1, 0.15) is 5.56 Å². The Bertz CT molecular complexity index is 585. The molecule has 0 amide bonds. The molecule has 2 aromatic rings. The third-order valence-corrected chi connectivity index (χ3v) is 3.16. The molecule has 0 atom stereocenters. The summed E-state index contributed by atoms with van der Waals surface area (Å²) in [6, 6.07) is 12.8. The Morgan fingerprint density at radius 2 is 1.37 bits per heavy atom. The topological polar surface area (TPSA) is 87.0 Å². The number of ether oxygens (including phenoxy) is 1. The Morgan fingerprint density at radius 1 is 0.895 bits per heavy atom. The summed E-state index contributed by atoms with van der Waals surface area (Å²) in [5.74, 6) is 1.28. The zero-order chi connectivity index (χ0) is 13.9. The van der Waals surface area contributed by atoms with Gasteiger partial charge in [-0.05, 0) is 42.0 Å². The van der Waals surface area contributed by atoms with Crippen molar-refractivity contribution >= 4 is 7.60 Å². The van der Waals surface area contributed by atoms with Crippen LogP contribution in [0.3, 0.4) is 0 Å². The predicted octanol–water partition coefficient (Wildman–Crippen LogP) is 2.86. The van der Waals surface area contributed by atoms with Crippen molar-refractivity contribution in [3.63, 3.8) is 0 Å². The van der Waals surface area contributed by atoms with Crippen molar-refractivity contribution in [2.24, 2.45) is 0 Å². The van der Waals surface area contributed by atoms with Gasteiger partial charge >= 0.3 is 7.60 Å². The van der Waals surface area contributed by atoms with Crippen LogP contribution in [0.5, 0.6) is 17.2 Å². The van der Waals surface area contributed by atoms with Gasteiger partial charge in [-0.3, -0.25) is 4.57 Å². The fraction of sp³-hybridized carbons (Fsp3) is 0.0769.